The van der Waals surface area contributed by atoms with Crippen molar-refractivity contribution in [1.29, 1.82) is 0 Å². The second kappa shape index (κ2) is 7.10. The summed E-state index contributed by atoms with van der Waals surface area (Å²) in [6.45, 7) is 1.31. The molecular formula is C17H20Cl2N2O2. The molecule has 0 radical (unpaired) electrons. The summed E-state index contributed by atoms with van der Waals surface area (Å²) in [5.74, 6) is 0.315. The Morgan fingerprint density at radius 1 is 1.00 bits per heavy atom. The van der Waals surface area contributed by atoms with Crippen LogP contribution in [0.2, 0.25) is 10.0 Å². The Morgan fingerprint density at radius 3 is 2.13 bits per heavy atom. The van der Waals surface area contributed by atoms with E-state index in [1.807, 2.05) is 4.90 Å². The predicted molar refractivity (Wildman–Crippen MR) is 91.7 cm³/mol. The van der Waals surface area contributed by atoms with Gasteiger partial charge in [0.05, 0.1) is 15.7 Å². The Morgan fingerprint density at radius 2 is 1.61 bits per heavy atom. The molecule has 4 nitrogen and oxygen atoms in total. The van der Waals surface area contributed by atoms with Crippen molar-refractivity contribution in [2.45, 2.75) is 32.1 Å². The van der Waals surface area contributed by atoms with Crippen LogP contribution in [0.4, 0.5) is 5.69 Å². The highest BCUT2D eigenvalue weighted by Crippen LogP contribution is 2.32. The van der Waals surface area contributed by atoms with E-state index >= 15 is 0 Å². The van der Waals surface area contributed by atoms with Crippen molar-refractivity contribution >= 4 is 40.7 Å². The number of nitrogens with one attached hydrogen (secondary N) is 1. The zero-order valence-electron chi connectivity index (χ0n) is 12.9. The van der Waals surface area contributed by atoms with E-state index in [2.05, 4.69) is 5.32 Å². The summed E-state index contributed by atoms with van der Waals surface area (Å²) in [6.07, 6.45) is 4.57. The van der Waals surface area contributed by atoms with Gasteiger partial charge < -0.3 is 10.2 Å². The van der Waals surface area contributed by atoms with Crippen LogP contribution in [0.25, 0.3) is 0 Å². The number of nitrogens with zero attached hydrogens (tertiary/aromatic N) is 1. The van der Waals surface area contributed by atoms with E-state index in [0.29, 0.717) is 41.7 Å². The topological polar surface area (TPSA) is 49.4 Å². The second-order valence-electron chi connectivity index (χ2n) is 6.31. The van der Waals surface area contributed by atoms with Crippen molar-refractivity contribution < 1.29 is 9.59 Å². The van der Waals surface area contributed by atoms with Gasteiger partial charge in [-0.1, -0.05) is 35.7 Å². The van der Waals surface area contributed by atoms with Crippen LogP contribution in [0.5, 0.6) is 0 Å². The van der Waals surface area contributed by atoms with Crippen LogP contribution in [0.3, 0.4) is 0 Å². The number of anilines is 1. The lowest BCUT2D eigenvalue weighted by atomic mass is 9.83. The normalized spacial score (nSPS) is 19.3. The molecule has 1 aliphatic heterocycles. The first-order chi connectivity index (χ1) is 11.1. The molecule has 124 valence electrons. The first-order valence-electron chi connectivity index (χ1n) is 8.10. The average molecular weight is 355 g/mol. The van der Waals surface area contributed by atoms with Crippen LogP contribution < -0.4 is 5.32 Å². The largest absolute Gasteiger partial charge is 0.342 e. The van der Waals surface area contributed by atoms with Gasteiger partial charge in [0, 0.05) is 24.9 Å². The highest BCUT2D eigenvalue weighted by atomic mass is 35.5. The number of rotatable bonds is 3. The molecule has 1 heterocycles. The van der Waals surface area contributed by atoms with E-state index < -0.39 is 0 Å². The molecule has 23 heavy (non-hydrogen) atoms. The van der Waals surface area contributed by atoms with Gasteiger partial charge >= 0.3 is 0 Å². The smallest absolute Gasteiger partial charge is 0.227 e. The van der Waals surface area contributed by atoms with E-state index in [0.717, 1.165) is 19.3 Å². The van der Waals surface area contributed by atoms with Gasteiger partial charge in [0.15, 0.2) is 0 Å². The SMILES string of the molecule is O=C(Nc1c(Cl)cccc1Cl)C1CCN(C(=O)C2CCC2)CC1. The molecule has 1 saturated carbocycles. The van der Waals surface area contributed by atoms with Crippen LogP contribution in [-0.2, 0) is 9.59 Å². The molecule has 1 N–H and O–H groups in total. The Balaban J connectivity index is 1.55. The van der Waals surface area contributed by atoms with E-state index in [-0.39, 0.29) is 23.7 Å². The lowest BCUT2D eigenvalue weighted by Crippen LogP contribution is -2.45. The van der Waals surface area contributed by atoms with Crippen LogP contribution in [0.15, 0.2) is 18.2 Å². The fourth-order valence-electron chi connectivity index (χ4n) is 3.12. The molecule has 0 atom stereocenters. The number of amides is 2. The minimum absolute atomic E-state index is 0.0734. The lowest BCUT2D eigenvalue weighted by Gasteiger charge is -2.36. The molecule has 0 unspecified atom stereocenters. The van der Waals surface area contributed by atoms with E-state index in [1.165, 1.54) is 0 Å². The number of carbonyl (C=O) groups is 2. The highest BCUT2D eigenvalue weighted by Gasteiger charge is 2.33. The third kappa shape index (κ3) is 3.64. The summed E-state index contributed by atoms with van der Waals surface area (Å²) in [5.41, 5.74) is 0.466. The highest BCUT2D eigenvalue weighted by molar-refractivity contribution is 6.39. The monoisotopic (exact) mass is 354 g/mol. The van der Waals surface area contributed by atoms with Gasteiger partial charge in [0.2, 0.25) is 11.8 Å². The summed E-state index contributed by atoms with van der Waals surface area (Å²) < 4.78 is 0. The Labute approximate surface area is 146 Å². The summed E-state index contributed by atoms with van der Waals surface area (Å²) >= 11 is 12.2. The molecule has 0 aromatic heterocycles. The molecule has 0 spiro atoms. The van der Waals surface area contributed by atoms with Crippen molar-refractivity contribution in [3.05, 3.63) is 28.2 Å². The Kier molecular flexibility index (Phi) is 5.12. The van der Waals surface area contributed by atoms with Crippen molar-refractivity contribution in [2.24, 2.45) is 11.8 Å². The number of carbonyl (C=O) groups excluding carboxylic acids is 2. The molecule has 1 aliphatic carbocycles. The minimum atomic E-state index is -0.104. The van der Waals surface area contributed by atoms with Gasteiger partial charge in [-0.2, -0.15) is 0 Å². The third-order valence-corrected chi connectivity index (χ3v) is 5.47. The summed E-state index contributed by atoms with van der Waals surface area (Å²) in [6, 6.07) is 5.14. The summed E-state index contributed by atoms with van der Waals surface area (Å²) in [7, 11) is 0. The van der Waals surface area contributed by atoms with E-state index in [9.17, 15) is 9.59 Å². The predicted octanol–water partition coefficient (Wildman–Crippen LogP) is 3.97. The molecule has 0 bridgehead atoms. The van der Waals surface area contributed by atoms with Gasteiger partial charge in [0.1, 0.15) is 0 Å². The second-order valence-corrected chi connectivity index (χ2v) is 7.13. The first kappa shape index (κ1) is 16.6. The fourth-order valence-corrected chi connectivity index (χ4v) is 3.61. The van der Waals surface area contributed by atoms with Crippen molar-refractivity contribution in [1.82, 2.24) is 4.90 Å². The number of hydrogen-bond acceptors (Lipinski definition) is 2. The van der Waals surface area contributed by atoms with Gasteiger partial charge in [0.25, 0.3) is 0 Å². The zero-order valence-corrected chi connectivity index (χ0v) is 14.4. The van der Waals surface area contributed by atoms with E-state index in [1.54, 1.807) is 18.2 Å². The first-order valence-corrected chi connectivity index (χ1v) is 8.85. The van der Waals surface area contributed by atoms with Crippen LogP contribution in [0.1, 0.15) is 32.1 Å². The van der Waals surface area contributed by atoms with E-state index in [4.69, 9.17) is 23.2 Å². The number of halogens is 2. The quantitative estimate of drug-likeness (QED) is 0.892. The number of para-hydroxylation sites is 1. The third-order valence-electron chi connectivity index (χ3n) is 4.84. The van der Waals surface area contributed by atoms with Gasteiger partial charge in [-0.3, -0.25) is 9.59 Å². The molecule has 1 saturated heterocycles. The molecule has 2 amide bonds. The van der Waals surface area contributed by atoms with Crippen LogP contribution in [0, 0.1) is 11.8 Å². The average Bonchev–Trinajstić information content (AvgIpc) is 2.49. The number of hydrogen-bond donors (Lipinski definition) is 1. The maximum Gasteiger partial charge on any atom is 0.227 e. The fraction of sp³-hybridized carbons (Fsp3) is 0.529. The van der Waals surface area contributed by atoms with Gasteiger partial charge in [-0.15, -0.1) is 0 Å². The summed E-state index contributed by atoms with van der Waals surface area (Å²) in [4.78, 5) is 26.6. The number of piperidine rings is 1. The van der Waals surface area contributed by atoms with Crippen molar-refractivity contribution in [2.75, 3.05) is 18.4 Å². The molecule has 6 heteroatoms. The number of benzene rings is 1. The lowest BCUT2D eigenvalue weighted by molar-refractivity contribution is -0.140. The molecule has 1 aromatic rings. The van der Waals surface area contributed by atoms with Crippen LogP contribution >= 0.6 is 23.2 Å². The van der Waals surface area contributed by atoms with Gasteiger partial charge in [-0.05, 0) is 37.8 Å². The summed E-state index contributed by atoms with van der Waals surface area (Å²) in [5, 5.41) is 3.70. The molecule has 3 rings (SSSR count). The van der Waals surface area contributed by atoms with Crippen molar-refractivity contribution in [3.8, 4) is 0 Å². The molecule has 2 fully saturated rings. The molecular weight excluding hydrogens is 335 g/mol. The maximum absolute atomic E-state index is 12.4. The van der Waals surface area contributed by atoms with Crippen LogP contribution in [-0.4, -0.2) is 29.8 Å². The standard InChI is InChI=1S/C17H20Cl2N2O2/c18-13-5-2-6-14(19)15(13)20-16(22)11-7-9-21(10-8-11)17(23)12-3-1-4-12/h2,5-6,11-12H,1,3-4,7-10H2,(H,20,22). The Hall–Kier alpha value is -1.26. The molecule has 1 aromatic carbocycles. The van der Waals surface area contributed by atoms with Crippen molar-refractivity contribution in [3.63, 3.8) is 0 Å². The minimum Gasteiger partial charge on any atom is -0.342 e. The maximum atomic E-state index is 12.4. The number of likely N-dealkylation sites (tertiary alicyclic amines) is 1. The Bertz CT molecular complexity index is 588. The molecule has 2 aliphatic rings. The zero-order chi connectivity index (χ0) is 16.4. The van der Waals surface area contributed by atoms with Gasteiger partial charge in [-0.25, -0.2) is 0 Å².